The molecule has 0 bridgehead atoms. The Morgan fingerprint density at radius 3 is 2.69 bits per heavy atom. The van der Waals surface area contributed by atoms with Crippen LogP contribution in [0.2, 0.25) is 0 Å². The van der Waals surface area contributed by atoms with E-state index in [1.54, 1.807) is 0 Å². The third-order valence-corrected chi connectivity index (χ3v) is 5.82. The summed E-state index contributed by atoms with van der Waals surface area (Å²) in [6.45, 7) is 4.01. The number of amidine groups is 1. The van der Waals surface area contributed by atoms with Gasteiger partial charge < -0.3 is 5.32 Å². The Balaban J connectivity index is 1.62. The molecule has 4 rings (SSSR count). The molecule has 0 radical (unpaired) electrons. The lowest BCUT2D eigenvalue weighted by Gasteiger charge is -2.03. The van der Waals surface area contributed by atoms with Crippen LogP contribution in [0.5, 0.6) is 0 Å². The Morgan fingerprint density at radius 2 is 1.96 bits per heavy atom. The number of nitrogens with zero attached hydrogens (tertiary/aromatic N) is 3. The van der Waals surface area contributed by atoms with E-state index >= 15 is 0 Å². The number of aromatic nitrogens is 2. The van der Waals surface area contributed by atoms with Crippen LogP contribution < -0.4 is 5.32 Å². The average Bonchev–Trinajstić information content (AvgIpc) is 3.33. The van der Waals surface area contributed by atoms with Crippen molar-refractivity contribution in [2.45, 2.75) is 45.6 Å². The minimum Gasteiger partial charge on any atom is -0.301 e. The summed E-state index contributed by atoms with van der Waals surface area (Å²) in [4.78, 5) is 17.7. The molecule has 5 nitrogen and oxygen atoms in total. The van der Waals surface area contributed by atoms with Gasteiger partial charge in [0.15, 0.2) is 5.17 Å². The molecule has 2 fully saturated rings. The first-order chi connectivity index (χ1) is 12.6. The zero-order valence-electron chi connectivity index (χ0n) is 15.0. The molecular weight excluding hydrogens is 344 g/mol. The molecule has 1 saturated heterocycles. The van der Waals surface area contributed by atoms with E-state index in [0.29, 0.717) is 10.9 Å². The second kappa shape index (κ2) is 7.11. The topological polar surface area (TPSA) is 59.3 Å². The Morgan fingerprint density at radius 1 is 1.23 bits per heavy atom. The first-order valence-electron chi connectivity index (χ1n) is 9.02. The van der Waals surface area contributed by atoms with E-state index in [1.165, 1.54) is 24.6 Å². The lowest BCUT2D eigenvalue weighted by molar-refractivity contribution is -0.115. The fourth-order valence-electron chi connectivity index (χ4n) is 3.50. The van der Waals surface area contributed by atoms with Gasteiger partial charge in [-0.1, -0.05) is 31.0 Å². The van der Waals surface area contributed by atoms with Crippen LogP contribution in [0, 0.1) is 13.8 Å². The summed E-state index contributed by atoms with van der Waals surface area (Å²) in [7, 11) is 0. The molecule has 0 spiro atoms. The predicted octanol–water partition coefficient (Wildman–Crippen LogP) is 3.99. The minimum absolute atomic E-state index is 0.0713. The molecule has 134 valence electrons. The Kier molecular flexibility index (Phi) is 4.68. The Hall–Kier alpha value is -2.34. The smallest absolute Gasteiger partial charge is 0.264 e. The number of amides is 1. The fraction of sp³-hybridized carbons (Fsp3) is 0.350. The van der Waals surface area contributed by atoms with Gasteiger partial charge in [-0.25, -0.2) is 4.68 Å². The lowest BCUT2D eigenvalue weighted by atomic mass is 10.2. The maximum Gasteiger partial charge on any atom is 0.264 e. The summed E-state index contributed by atoms with van der Waals surface area (Å²) >= 11 is 1.44. The number of hydrogen-bond acceptors (Lipinski definition) is 4. The molecule has 6 heteroatoms. The van der Waals surface area contributed by atoms with E-state index in [4.69, 9.17) is 4.99 Å². The van der Waals surface area contributed by atoms with Crippen molar-refractivity contribution in [1.82, 2.24) is 15.1 Å². The van der Waals surface area contributed by atoms with Gasteiger partial charge in [-0.05, 0) is 56.7 Å². The second-order valence-electron chi connectivity index (χ2n) is 6.77. The number of rotatable bonds is 3. The third kappa shape index (κ3) is 3.33. The molecule has 1 aliphatic heterocycles. The molecule has 0 unspecified atom stereocenters. The number of thioether (sulfide) groups is 1. The van der Waals surface area contributed by atoms with Crippen molar-refractivity contribution < 1.29 is 4.79 Å². The van der Waals surface area contributed by atoms with Crippen LogP contribution in [-0.2, 0) is 4.79 Å². The molecule has 1 saturated carbocycles. The number of carbonyl (C=O) groups is 1. The van der Waals surface area contributed by atoms with Crippen LogP contribution in [0.25, 0.3) is 11.8 Å². The quantitative estimate of drug-likeness (QED) is 0.836. The zero-order valence-corrected chi connectivity index (χ0v) is 15.8. The maximum absolute atomic E-state index is 12.4. The maximum atomic E-state index is 12.4. The average molecular weight is 366 g/mol. The van der Waals surface area contributed by atoms with Crippen LogP contribution in [-0.4, -0.2) is 26.9 Å². The third-order valence-electron chi connectivity index (χ3n) is 4.90. The number of aliphatic imine (C=N–C) groups is 1. The van der Waals surface area contributed by atoms with E-state index in [-0.39, 0.29) is 5.91 Å². The van der Waals surface area contributed by atoms with Gasteiger partial charge in [0.05, 0.1) is 22.3 Å². The molecule has 1 aromatic heterocycles. The minimum atomic E-state index is -0.0713. The molecule has 1 amide bonds. The monoisotopic (exact) mass is 366 g/mol. The van der Waals surface area contributed by atoms with Crippen molar-refractivity contribution in [2.75, 3.05) is 0 Å². The summed E-state index contributed by atoms with van der Waals surface area (Å²) in [5, 5.41) is 8.29. The van der Waals surface area contributed by atoms with E-state index in [2.05, 4.69) is 10.4 Å². The number of nitrogens with one attached hydrogen (secondary N) is 1. The van der Waals surface area contributed by atoms with Gasteiger partial charge in [0, 0.05) is 11.3 Å². The molecule has 1 aliphatic carbocycles. The van der Waals surface area contributed by atoms with Crippen LogP contribution in [0.15, 0.2) is 40.2 Å². The summed E-state index contributed by atoms with van der Waals surface area (Å²) in [6, 6.07) is 10.4. The molecule has 1 aromatic carbocycles. The highest BCUT2D eigenvalue weighted by Crippen LogP contribution is 2.30. The number of aryl methyl sites for hydroxylation is 1. The molecule has 26 heavy (non-hydrogen) atoms. The highest BCUT2D eigenvalue weighted by atomic mass is 32.2. The highest BCUT2D eigenvalue weighted by molar-refractivity contribution is 8.18. The predicted molar refractivity (Wildman–Crippen MR) is 106 cm³/mol. The van der Waals surface area contributed by atoms with E-state index in [1.807, 2.05) is 54.9 Å². The van der Waals surface area contributed by atoms with E-state index < -0.39 is 0 Å². The van der Waals surface area contributed by atoms with Gasteiger partial charge in [-0.15, -0.1) is 0 Å². The summed E-state index contributed by atoms with van der Waals surface area (Å²) in [5.74, 6) is -0.0713. The van der Waals surface area contributed by atoms with Crippen molar-refractivity contribution in [3.05, 3.63) is 52.2 Å². The van der Waals surface area contributed by atoms with Gasteiger partial charge in [0.1, 0.15) is 0 Å². The number of carbonyl (C=O) groups excluding carboxylic acids is 1. The second-order valence-corrected chi connectivity index (χ2v) is 7.80. The number of hydrogen-bond donors (Lipinski definition) is 1. The Labute approximate surface area is 157 Å². The van der Waals surface area contributed by atoms with Crippen LogP contribution in [0.3, 0.4) is 0 Å². The van der Waals surface area contributed by atoms with E-state index in [9.17, 15) is 4.79 Å². The molecular formula is C20H22N4OS. The van der Waals surface area contributed by atoms with Gasteiger partial charge in [0.2, 0.25) is 0 Å². The molecule has 2 aromatic rings. The molecule has 2 aliphatic rings. The highest BCUT2D eigenvalue weighted by Gasteiger charge is 2.26. The van der Waals surface area contributed by atoms with Gasteiger partial charge in [-0.2, -0.15) is 5.10 Å². The van der Waals surface area contributed by atoms with Gasteiger partial charge in [0.25, 0.3) is 5.91 Å². The van der Waals surface area contributed by atoms with Crippen molar-refractivity contribution in [2.24, 2.45) is 4.99 Å². The van der Waals surface area contributed by atoms with E-state index in [0.717, 1.165) is 40.6 Å². The standard InChI is InChI=1S/C20H22N4OS/c1-13-17(14(2)24(23-13)16-10-4-3-5-11-16)12-18-19(25)22-20(26-18)21-15-8-6-7-9-15/h3-5,10-12,15H,6-9H2,1-2H3,(H,21,22,25)/b18-12-. The largest absolute Gasteiger partial charge is 0.301 e. The molecule has 0 atom stereocenters. The van der Waals surface area contributed by atoms with Gasteiger partial charge in [-0.3, -0.25) is 9.79 Å². The van der Waals surface area contributed by atoms with Crippen LogP contribution in [0.1, 0.15) is 42.6 Å². The van der Waals surface area contributed by atoms with Crippen molar-refractivity contribution in [3.63, 3.8) is 0 Å². The van der Waals surface area contributed by atoms with Crippen molar-refractivity contribution in [3.8, 4) is 5.69 Å². The van der Waals surface area contributed by atoms with Crippen molar-refractivity contribution in [1.29, 1.82) is 0 Å². The molecule has 1 N–H and O–H groups in total. The first-order valence-corrected chi connectivity index (χ1v) is 9.84. The van der Waals surface area contributed by atoms with Crippen LogP contribution in [0.4, 0.5) is 0 Å². The lowest BCUT2D eigenvalue weighted by Crippen LogP contribution is -2.21. The number of benzene rings is 1. The number of para-hydroxylation sites is 1. The molecule has 2 heterocycles. The summed E-state index contributed by atoms with van der Waals surface area (Å²) < 4.78 is 1.92. The van der Waals surface area contributed by atoms with Crippen molar-refractivity contribution >= 4 is 28.9 Å². The SMILES string of the molecule is Cc1nn(-c2ccccc2)c(C)c1/C=C1\SC(=NC2CCCC2)NC1=O. The normalized spacial score (nSPS) is 21.1. The summed E-state index contributed by atoms with van der Waals surface area (Å²) in [6.07, 6.45) is 6.66. The fourth-order valence-corrected chi connectivity index (χ4v) is 4.38. The van der Waals surface area contributed by atoms with Crippen LogP contribution >= 0.6 is 11.8 Å². The zero-order chi connectivity index (χ0) is 18.1. The van der Waals surface area contributed by atoms with Gasteiger partial charge >= 0.3 is 0 Å². The first kappa shape index (κ1) is 17.1. The summed E-state index contributed by atoms with van der Waals surface area (Å²) in [5.41, 5.74) is 3.95. The Bertz CT molecular complexity index is 892.